The topological polar surface area (TPSA) is 33.2 Å². The Labute approximate surface area is 354 Å². The molecule has 0 saturated carbocycles. The molecule has 0 atom stereocenters. The fraction of sp³-hybridized carbons (Fsp3) is 0.333. The molecule has 0 bridgehead atoms. The van der Waals surface area contributed by atoms with Crippen molar-refractivity contribution in [2.75, 3.05) is 2.84 Å². The summed E-state index contributed by atoms with van der Waals surface area (Å²) >= 11 is -4.19. The summed E-state index contributed by atoms with van der Waals surface area (Å²) in [5.74, 6) is 1.43. The Bertz CT molecular complexity index is 2120. The summed E-state index contributed by atoms with van der Waals surface area (Å²) in [5.41, 5.74) is 13.9. The van der Waals surface area contributed by atoms with Crippen LogP contribution < -0.4 is 2.84 Å². The van der Waals surface area contributed by atoms with Gasteiger partial charge in [0.25, 0.3) is 0 Å². The number of amides is 1. The van der Waals surface area contributed by atoms with Crippen molar-refractivity contribution < 1.29 is 25.4 Å². The van der Waals surface area contributed by atoms with Crippen molar-refractivity contribution in [1.29, 1.82) is 0 Å². The van der Waals surface area contributed by atoms with E-state index >= 15 is 4.79 Å². The van der Waals surface area contributed by atoms with Crippen molar-refractivity contribution >= 4 is 11.6 Å². The summed E-state index contributed by atoms with van der Waals surface area (Å²) < 4.78 is 5.02. The molecule has 1 amide bonds. The van der Waals surface area contributed by atoms with E-state index in [-0.39, 0.29) is 17.7 Å². The van der Waals surface area contributed by atoms with Crippen LogP contribution in [0.3, 0.4) is 0 Å². The number of benzene rings is 5. The van der Waals surface area contributed by atoms with Gasteiger partial charge in [0.2, 0.25) is 0 Å². The van der Waals surface area contributed by atoms with E-state index in [2.05, 4.69) is 206 Å². The van der Waals surface area contributed by atoms with E-state index in [0.717, 1.165) is 23.8 Å². The van der Waals surface area contributed by atoms with Gasteiger partial charge in [0.15, 0.2) is 0 Å². The first-order valence-electron chi connectivity index (χ1n) is 21.5. The molecule has 3 nitrogen and oxygen atoms in total. The molecule has 1 aromatic heterocycles. The molecule has 6 rings (SSSR count). The van der Waals surface area contributed by atoms with Crippen molar-refractivity contribution in [2.24, 2.45) is 0 Å². The molecule has 0 aliphatic heterocycles. The molecule has 0 saturated heterocycles. The third kappa shape index (κ3) is 9.72. The molecule has 4 heteroatoms. The van der Waals surface area contributed by atoms with Crippen LogP contribution in [0.5, 0.6) is 0 Å². The number of hydrogen-bond donors (Lipinski definition) is 0. The van der Waals surface area contributed by atoms with Gasteiger partial charge in [-0.15, -0.1) is 0 Å². The van der Waals surface area contributed by atoms with Gasteiger partial charge < -0.3 is 0 Å². The number of rotatable bonds is 15. The summed E-state index contributed by atoms with van der Waals surface area (Å²) in [6, 6.07) is 50.5. The minimum absolute atomic E-state index is 0.0198. The predicted octanol–water partition coefficient (Wildman–Crippen LogP) is 14.7. The van der Waals surface area contributed by atoms with Gasteiger partial charge in [-0.1, -0.05) is 0 Å². The van der Waals surface area contributed by atoms with E-state index in [4.69, 9.17) is 4.98 Å². The molecule has 5 aromatic carbocycles. The summed E-state index contributed by atoms with van der Waals surface area (Å²) in [4.78, 5) is 21.9. The Balaban J connectivity index is 1.70. The standard InChI is InChI=1S/C33H44N2O.3C7H7.Zr/c1-19(2)24-17-27(22(7)8)31(28(18-24)23(9)10)29-15-12-16-30(34-29)33(36)35-32-25(20(3)4)13-11-14-26(32)21(5)6;3*1-7-5-3-2-4-6-7;/h11-23H,1-10H3,(H,35,36);3*2-6H,1H2;/q;;;;+1/p-1. The number of carbonyl (C=O) groups is 1. The average molecular weight is 848 g/mol. The van der Waals surface area contributed by atoms with Gasteiger partial charge in [-0.05, 0) is 0 Å². The number of anilines is 1. The van der Waals surface area contributed by atoms with E-state index in [0.29, 0.717) is 23.4 Å². The van der Waals surface area contributed by atoms with Crippen LogP contribution in [-0.4, -0.2) is 10.9 Å². The van der Waals surface area contributed by atoms with Crippen molar-refractivity contribution in [2.45, 2.75) is 111 Å². The number of carbonyl (C=O) groups excluding carboxylic acids is 1. The molecular weight excluding hydrogens is 784 g/mol. The van der Waals surface area contributed by atoms with Crippen LogP contribution in [0.4, 0.5) is 5.69 Å². The van der Waals surface area contributed by atoms with Crippen molar-refractivity contribution in [1.82, 2.24) is 4.98 Å². The molecule has 0 N–H and O–H groups in total. The third-order valence-electron chi connectivity index (χ3n) is 11.7. The zero-order chi connectivity index (χ0) is 41.6. The van der Waals surface area contributed by atoms with E-state index < -0.39 is 20.6 Å². The van der Waals surface area contributed by atoms with E-state index in [9.17, 15) is 0 Å². The summed E-state index contributed by atoms with van der Waals surface area (Å²) in [5, 5.41) is 0. The SMILES string of the molecule is CC(C)c1cc(C(C)C)c(-c2cccc(C(=O)[N](c3c(C(C)C)cccc3C(C)C)[Zr]([CH2]c3ccccc3)([CH2]c3ccccc3)[CH2]c3ccccc3)n2)c(C(C)C)c1. The first-order valence-corrected chi connectivity index (χ1v) is 27.8. The van der Waals surface area contributed by atoms with Gasteiger partial charge in [-0.3, -0.25) is 0 Å². The van der Waals surface area contributed by atoms with Crippen LogP contribution in [-0.2, 0) is 32.9 Å². The molecule has 0 fully saturated rings. The zero-order valence-corrected chi connectivity index (χ0v) is 39.0. The molecule has 0 spiro atoms. The van der Waals surface area contributed by atoms with Gasteiger partial charge in [0.05, 0.1) is 0 Å². The Hall–Kier alpha value is -4.40. The molecule has 300 valence electrons. The maximum atomic E-state index is 16.4. The summed E-state index contributed by atoms with van der Waals surface area (Å²) in [6.07, 6.45) is 0. The molecule has 0 aliphatic carbocycles. The van der Waals surface area contributed by atoms with E-state index in [1.54, 1.807) is 0 Å². The summed E-state index contributed by atoms with van der Waals surface area (Å²) in [6.45, 7) is 22.7. The zero-order valence-electron chi connectivity index (χ0n) is 36.6. The van der Waals surface area contributed by atoms with Crippen LogP contribution in [0.1, 0.15) is 154 Å². The van der Waals surface area contributed by atoms with Gasteiger partial charge >= 0.3 is 357 Å². The Morgan fingerprint density at radius 3 is 1.26 bits per heavy atom. The van der Waals surface area contributed by atoms with Gasteiger partial charge in [-0.2, -0.15) is 0 Å². The number of hydrogen-bond acceptors (Lipinski definition) is 2. The second-order valence-corrected chi connectivity index (χ2v) is 27.6. The van der Waals surface area contributed by atoms with Crippen LogP contribution in [0.15, 0.2) is 140 Å². The molecule has 0 aliphatic rings. The van der Waals surface area contributed by atoms with Crippen molar-refractivity contribution in [3.8, 4) is 11.3 Å². The number of pyridine rings is 1. The first kappa shape index (κ1) is 43.2. The molecule has 0 unspecified atom stereocenters. The Kier molecular flexibility index (Phi) is 14.2. The van der Waals surface area contributed by atoms with Crippen molar-refractivity contribution in [3.63, 3.8) is 0 Å². The van der Waals surface area contributed by atoms with Gasteiger partial charge in [0, 0.05) is 0 Å². The summed E-state index contributed by atoms with van der Waals surface area (Å²) in [7, 11) is 0. The van der Waals surface area contributed by atoms with Gasteiger partial charge in [-0.25, -0.2) is 0 Å². The quantitative estimate of drug-likeness (QED) is 0.103. The van der Waals surface area contributed by atoms with Crippen molar-refractivity contribution in [3.05, 3.63) is 190 Å². The molecule has 0 radical (unpaired) electrons. The predicted molar refractivity (Wildman–Crippen MR) is 244 cm³/mol. The fourth-order valence-corrected chi connectivity index (χ4v) is 21.3. The number of nitrogens with zero attached hydrogens (tertiary/aromatic N) is 2. The Morgan fingerprint density at radius 1 is 0.483 bits per heavy atom. The van der Waals surface area contributed by atoms with Crippen LogP contribution in [0, 0.1) is 0 Å². The molecule has 6 aromatic rings. The monoisotopic (exact) mass is 846 g/mol. The van der Waals surface area contributed by atoms with Crippen LogP contribution >= 0.6 is 0 Å². The van der Waals surface area contributed by atoms with Gasteiger partial charge in [0.1, 0.15) is 0 Å². The Morgan fingerprint density at radius 2 is 0.879 bits per heavy atom. The van der Waals surface area contributed by atoms with Crippen LogP contribution in [0.2, 0.25) is 0 Å². The van der Waals surface area contributed by atoms with E-state index in [1.807, 2.05) is 6.07 Å². The van der Waals surface area contributed by atoms with Crippen LogP contribution in [0.25, 0.3) is 11.3 Å². The average Bonchev–Trinajstić information content (AvgIpc) is 3.21. The fourth-order valence-electron chi connectivity index (χ4n) is 8.74. The normalized spacial score (nSPS) is 12.0. The number of para-hydroxylation sites is 1. The molecular formula is C54H64N2OZr. The number of aromatic nitrogens is 1. The van der Waals surface area contributed by atoms with E-state index in [1.165, 1.54) is 50.1 Å². The molecule has 58 heavy (non-hydrogen) atoms. The third-order valence-corrected chi connectivity index (χ3v) is 23.0. The second kappa shape index (κ2) is 19.1. The first-order chi connectivity index (χ1) is 27.8. The maximum absolute atomic E-state index is 16.4. The molecule has 1 heterocycles. The second-order valence-electron chi connectivity index (χ2n) is 17.9. The minimum atomic E-state index is -4.19.